The highest BCUT2D eigenvalue weighted by Gasteiger charge is 2.34. The highest BCUT2D eigenvalue weighted by Crippen LogP contribution is 2.22. The number of ketones is 1. The van der Waals surface area contributed by atoms with E-state index in [0.29, 0.717) is 13.0 Å². The summed E-state index contributed by atoms with van der Waals surface area (Å²) in [5, 5.41) is 19.6. The van der Waals surface area contributed by atoms with Crippen LogP contribution in [0.15, 0.2) is 0 Å². The van der Waals surface area contributed by atoms with Crippen LogP contribution in [0.25, 0.3) is 0 Å². The van der Waals surface area contributed by atoms with E-state index in [1.54, 1.807) is 20.8 Å². The van der Waals surface area contributed by atoms with E-state index in [-0.39, 0.29) is 24.2 Å². The van der Waals surface area contributed by atoms with Gasteiger partial charge in [0.1, 0.15) is 12.6 Å². The molecule has 0 bridgehead atoms. The summed E-state index contributed by atoms with van der Waals surface area (Å²) in [6.07, 6.45) is 1.59. The van der Waals surface area contributed by atoms with Gasteiger partial charge in [0.2, 0.25) is 11.8 Å². The van der Waals surface area contributed by atoms with Crippen molar-refractivity contribution in [3.63, 3.8) is 0 Å². The molecule has 3 atom stereocenters. The number of piperidine rings is 1. The quantitative estimate of drug-likeness (QED) is 0.320. The standard InChI is InChI=1S/C22H38N4O6/c1-21(2,3)11-15(25-19(31)20(32)26-22(4,5)6)18(30)24-14(16(28)12-27)10-13-8-7-9-23-17(13)29/h13-15,27H,7-12H2,1-6H3,(H,23,29)(H,24,30)(H,25,31)(H,26,32)/t13-,14-,15-/m0/s1. The Bertz CT molecular complexity index is 723. The predicted octanol–water partition coefficient (Wildman–Crippen LogP) is -0.215. The maximum absolute atomic E-state index is 13.0. The van der Waals surface area contributed by atoms with Crippen LogP contribution in [-0.4, -0.2) is 65.3 Å². The lowest BCUT2D eigenvalue weighted by Gasteiger charge is -2.30. The molecule has 4 amide bonds. The van der Waals surface area contributed by atoms with Gasteiger partial charge in [0.25, 0.3) is 0 Å². The molecule has 5 N–H and O–H groups in total. The first-order chi connectivity index (χ1) is 14.6. The summed E-state index contributed by atoms with van der Waals surface area (Å²) in [5.74, 6) is -3.76. The largest absolute Gasteiger partial charge is 0.389 e. The average Bonchev–Trinajstić information content (AvgIpc) is 2.65. The monoisotopic (exact) mass is 454 g/mol. The third-order valence-corrected chi connectivity index (χ3v) is 4.91. The van der Waals surface area contributed by atoms with Crippen LogP contribution in [0, 0.1) is 11.3 Å². The van der Waals surface area contributed by atoms with Gasteiger partial charge in [-0.15, -0.1) is 0 Å². The Morgan fingerprint density at radius 1 is 1.03 bits per heavy atom. The lowest BCUT2D eigenvalue weighted by Crippen LogP contribution is -2.57. The van der Waals surface area contributed by atoms with E-state index in [0.717, 1.165) is 6.42 Å². The fourth-order valence-electron chi connectivity index (χ4n) is 3.44. The van der Waals surface area contributed by atoms with Gasteiger partial charge in [-0.25, -0.2) is 0 Å². The van der Waals surface area contributed by atoms with Crippen molar-refractivity contribution in [2.24, 2.45) is 11.3 Å². The number of rotatable bonds is 8. The van der Waals surface area contributed by atoms with Crippen LogP contribution in [0.2, 0.25) is 0 Å². The van der Waals surface area contributed by atoms with Crippen LogP contribution >= 0.6 is 0 Å². The first-order valence-corrected chi connectivity index (χ1v) is 11.0. The number of hydrogen-bond acceptors (Lipinski definition) is 6. The molecule has 0 radical (unpaired) electrons. The Balaban J connectivity index is 2.97. The van der Waals surface area contributed by atoms with Crippen LogP contribution in [0.5, 0.6) is 0 Å². The minimum atomic E-state index is -1.08. The fraction of sp³-hybridized carbons (Fsp3) is 0.773. The summed E-state index contributed by atoms with van der Waals surface area (Å²) < 4.78 is 0. The van der Waals surface area contributed by atoms with Crippen molar-refractivity contribution in [1.29, 1.82) is 0 Å². The van der Waals surface area contributed by atoms with Crippen molar-refractivity contribution in [3.05, 3.63) is 0 Å². The SMILES string of the molecule is CC(C)(C)C[C@H](NC(=O)C(=O)NC(C)(C)C)C(=O)N[C@@H](C[C@@H]1CCCNC1=O)C(=O)CO. The maximum atomic E-state index is 13.0. The molecule has 1 aliphatic rings. The van der Waals surface area contributed by atoms with E-state index >= 15 is 0 Å². The van der Waals surface area contributed by atoms with Gasteiger partial charge < -0.3 is 26.4 Å². The molecule has 1 saturated heterocycles. The van der Waals surface area contributed by atoms with Gasteiger partial charge in [0.05, 0.1) is 6.04 Å². The molecule has 0 saturated carbocycles. The van der Waals surface area contributed by atoms with E-state index in [2.05, 4.69) is 21.3 Å². The number of aliphatic hydroxyl groups is 1. The van der Waals surface area contributed by atoms with Crippen molar-refractivity contribution in [1.82, 2.24) is 21.3 Å². The predicted molar refractivity (Wildman–Crippen MR) is 118 cm³/mol. The van der Waals surface area contributed by atoms with Gasteiger partial charge in [-0.2, -0.15) is 0 Å². The molecule has 0 unspecified atom stereocenters. The van der Waals surface area contributed by atoms with Crippen LogP contribution in [0.4, 0.5) is 0 Å². The number of carbonyl (C=O) groups is 5. The molecule has 0 aromatic heterocycles. The van der Waals surface area contributed by atoms with Gasteiger partial charge in [0.15, 0.2) is 5.78 Å². The molecule has 10 nitrogen and oxygen atoms in total. The maximum Gasteiger partial charge on any atom is 0.309 e. The van der Waals surface area contributed by atoms with Crippen molar-refractivity contribution >= 4 is 29.4 Å². The lowest BCUT2D eigenvalue weighted by atomic mass is 9.87. The normalized spacial score (nSPS) is 18.7. The van der Waals surface area contributed by atoms with Crippen LogP contribution in [-0.2, 0) is 24.0 Å². The molecule has 182 valence electrons. The van der Waals surface area contributed by atoms with E-state index in [9.17, 15) is 29.1 Å². The zero-order chi connectivity index (χ0) is 24.7. The van der Waals surface area contributed by atoms with Crippen molar-refractivity contribution in [3.8, 4) is 0 Å². The van der Waals surface area contributed by atoms with Gasteiger partial charge >= 0.3 is 11.8 Å². The summed E-state index contributed by atoms with van der Waals surface area (Å²) in [7, 11) is 0. The summed E-state index contributed by atoms with van der Waals surface area (Å²) in [6.45, 7) is 10.6. The Kier molecular flexibility index (Phi) is 9.81. The minimum absolute atomic E-state index is 0.0532. The molecule has 0 aliphatic carbocycles. The molecular weight excluding hydrogens is 416 g/mol. The minimum Gasteiger partial charge on any atom is -0.389 e. The van der Waals surface area contributed by atoms with Gasteiger partial charge in [-0.3, -0.25) is 24.0 Å². The molecule has 10 heteroatoms. The molecule has 0 aromatic rings. The Morgan fingerprint density at radius 3 is 2.16 bits per heavy atom. The zero-order valence-corrected chi connectivity index (χ0v) is 20.0. The Labute approximate surface area is 189 Å². The third-order valence-electron chi connectivity index (χ3n) is 4.91. The van der Waals surface area contributed by atoms with Crippen LogP contribution < -0.4 is 21.3 Å². The van der Waals surface area contributed by atoms with Gasteiger partial charge in [0, 0.05) is 18.0 Å². The molecule has 1 aliphatic heterocycles. The molecule has 32 heavy (non-hydrogen) atoms. The Morgan fingerprint density at radius 2 is 1.66 bits per heavy atom. The Hall–Kier alpha value is -2.49. The van der Waals surface area contributed by atoms with Crippen molar-refractivity contribution < 1.29 is 29.1 Å². The van der Waals surface area contributed by atoms with Crippen LogP contribution in [0.1, 0.15) is 67.2 Å². The summed E-state index contributed by atoms with van der Waals surface area (Å²) in [4.78, 5) is 62.0. The lowest BCUT2D eigenvalue weighted by molar-refractivity contribution is -0.142. The number of carbonyl (C=O) groups excluding carboxylic acids is 5. The van der Waals surface area contributed by atoms with Crippen molar-refractivity contribution in [2.45, 2.75) is 84.8 Å². The van der Waals surface area contributed by atoms with Gasteiger partial charge in [-0.05, 0) is 51.9 Å². The van der Waals surface area contributed by atoms with E-state index < -0.39 is 53.7 Å². The molecule has 1 rings (SSSR count). The number of amides is 4. The second kappa shape index (κ2) is 11.4. The number of nitrogens with one attached hydrogen (secondary N) is 4. The first-order valence-electron chi connectivity index (χ1n) is 11.0. The summed E-state index contributed by atoms with van der Waals surface area (Å²) in [5.41, 5.74) is -1.01. The average molecular weight is 455 g/mol. The third kappa shape index (κ3) is 9.76. The zero-order valence-electron chi connectivity index (χ0n) is 20.0. The fourth-order valence-corrected chi connectivity index (χ4v) is 3.44. The van der Waals surface area contributed by atoms with E-state index in [4.69, 9.17) is 0 Å². The van der Waals surface area contributed by atoms with E-state index in [1.807, 2.05) is 20.8 Å². The highest BCUT2D eigenvalue weighted by atomic mass is 16.3. The summed E-state index contributed by atoms with van der Waals surface area (Å²) in [6, 6.07) is -2.16. The number of aliphatic hydroxyl groups excluding tert-OH is 1. The molecule has 1 heterocycles. The topological polar surface area (TPSA) is 154 Å². The first kappa shape index (κ1) is 27.5. The molecular formula is C22H38N4O6. The second-order valence-electron chi connectivity index (χ2n) is 10.5. The molecule has 0 aromatic carbocycles. The van der Waals surface area contributed by atoms with Gasteiger partial charge in [-0.1, -0.05) is 20.8 Å². The van der Waals surface area contributed by atoms with Crippen molar-refractivity contribution in [2.75, 3.05) is 13.2 Å². The molecule has 0 spiro atoms. The highest BCUT2D eigenvalue weighted by molar-refractivity contribution is 6.35. The van der Waals surface area contributed by atoms with Crippen LogP contribution in [0.3, 0.4) is 0 Å². The molecule has 1 fully saturated rings. The van der Waals surface area contributed by atoms with E-state index in [1.165, 1.54) is 0 Å². The number of hydrogen-bond donors (Lipinski definition) is 5. The number of Topliss-reactive ketones (excluding diaryl/α,β-unsaturated/α-hetero) is 1. The summed E-state index contributed by atoms with van der Waals surface area (Å²) >= 11 is 0. The second-order valence-corrected chi connectivity index (χ2v) is 10.5. The smallest absolute Gasteiger partial charge is 0.309 e.